The van der Waals surface area contributed by atoms with E-state index in [1.54, 1.807) is 0 Å². The topological polar surface area (TPSA) is 30.5 Å². The highest BCUT2D eigenvalue weighted by atomic mass is 35.5. The number of hydrogen-bond donors (Lipinski definition) is 1. The van der Waals surface area contributed by atoms with E-state index >= 15 is 0 Å². The van der Waals surface area contributed by atoms with Crippen molar-refractivity contribution in [1.82, 2.24) is 5.32 Å². The average molecular weight is 300 g/mol. The zero-order valence-electron chi connectivity index (χ0n) is 12.7. The average Bonchev–Trinajstić information content (AvgIpc) is 2.40. The standard InChI is InChI=1S/C16H26ClNO2/c1-4-19-9-6-10-20-16-14(7-5-8-15(16)17)12-18-11-13(2)3/h5,7-8,13,18H,4,6,9-12H2,1-3H3. The maximum absolute atomic E-state index is 6.23. The molecule has 3 nitrogen and oxygen atoms in total. The Kier molecular flexibility index (Phi) is 8.67. The predicted molar refractivity (Wildman–Crippen MR) is 84.6 cm³/mol. The maximum atomic E-state index is 6.23. The van der Waals surface area contributed by atoms with E-state index in [1.807, 2.05) is 19.1 Å². The first kappa shape index (κ1) is 17.3. The van der Waals surface area contributed by atoms with Gasteiger partial charge in [-0.3, -0.25) is 0 Å². The van der Waals surface area contributed by atoms with Gasteiger partial charge in [-0.25, -0.2) is 0 Å². The molecule has 0 fully saturated rings. The molecule has 0 radical (unpaired) electrons. The predicted octanol–water partition coefficient (Wildman–Crippen LogP) is 3.89. The first-order valence-corrected chi connectivity index (χ1v) is 7.71. The summed E-state index contributed by atoms with van der Waals surface area (Å²) in [6.07, 6.45) is 0.873. The van der Waals surface area contributed by atoms with Gasteiger partial charge in [-0.05, 0) is 25.5 Å². The maximum Gasteiger partial charge on any atom is 0.142 e. The van der Waals surface area contributed by atoms with Crippen molar-refractivity contribution in [3.63, 3.8) is 0 Å². The van der Waals surface area contributed by atoms with E-state index in [0.717, 1.165) is 44.0 Å². The molecule has 0 aliphatic heterocycles. The molecule has 0 amide bonds. The number of benzene rings is 1. The molecular weight excluding hydrogens is 274 g/mol. The Labute approximate surface area is 127 Å². The molecule has 20 heavy (non-hydrogen) atoms. The summed E-state index contributed by atoms with van der Waals surface area (Å²) in [7, 11) is 0. The largest absolute Gasteiger partial charge is 0.492 e. The quantitative estimate of drug-likeness (QED) is 0.665. The fourth-order valence-corrected chi connectivity index (χ4v) is 2.08. The van der Waals surface area contributed by atoms with E-state index in [9.17, 15) is 0 Å². The lowest BCUT2D eigenvalue weighted by molar-refractivity contribution is 0.130. The number of rotatable bonds is 10. The lowest BCUT2D eigenvalue weighted by Gasteiger charge is -2.14. The minimum absolute atomic E-state index is 0.626. The van der Waals surface area contributed by atoms with Gasteiger partial charge >= 0.3 is 0 Å². The van der Waals surface area contributed by atoms with Crippen molar-refractivity contribution in [2.75, 3.05) is 26.4 Å². The molecule has 0 unspecified atom stereocenters. The van der Waals surface area contributed by atoms with E-state index < -0.39 is 0 Å². The highest BCUT2D eigenvalue weighted by Gasteiger charge is 2.08. The van der Waals surface area contributed by atoms with Crippen molar-refractivity contribution >= 4 is 11.6 Å². The third kappa shape index (κ3) is 6.60. The van der Waals surface area contributed by atoms with Crippen molar-refractivity contribution in [2.45, 2.75) is 33.7 Å². The molecule has 1 aromatic carbocycles. The van der Waals surface area contributed by atoms with Gasteiger partial charge in [-0.1, -0.05) is 37.6 Å². The van der Waals surface area contributed by atoms with Crippen LogP contribution in [0.3, 0.4) is 0 Å². The van der Waals surface area contributed by atoms with Crippen LogP contribution in [0.25, 0.3) is 0 Å². The third-order valence-electron chi connectivity index (χ3n) is 2.80. The molecule has 0 saturated carbocycles. The summed E-state index contributed by atoms with van der Waals surface area (Å²) in [6, 6.07) is 5.88. The summed E-state index contributed by atoms with van der Waals surface area (Å²) < 4.78 is 11.1. The van der Waals surface area contributed by atoms with Gasteiger partial charge in [0.1, 0.15) is 5.75 Å². The highest BCUT2D eigenvalue weighted by Crippen LogP contribution is 2.28. The van der Waals surface area contributed by atoms with Crippen LogP contribution >= 0.6 is 11.6 Å². The Morgan fingerprint density at radius 2 is 2.05 bits per heavy atom. The molecule has 0 aromatic heterocycles. The van der Waals surface area contributed by atoms with Gasteiger partial charge in [0.15, 0.2) is 0 Å². The van der Waals surface area contributed by atoms with Crippen molar-refractivity contribution in [1.29, 1.82) is 0 Å². The summed E-state index contributed by atoms with van der Waals surface area (Å²) in [6.45, 7) is 10.2. The molecule has 0 spiro atoms. The van der Waals surface area contributed by atoms with Gasteiger partial charge in [0, 0.05) is 31.7 Å². The smallest absolute Gasteiger partial charge is 0.142 e. The highest BCUT2D eigenvalue weighted by molar-refractivity contribution is 6.32. The number of hydrogen-bond acceptors (Lipinski definition) is 3. The van der Waals surface area contributed by atoms with Gasteiger partial charge in [0.25, 0.3) is 0 Å². The van der Waals surface area contributed by atoms with Gasteiger partial charge in [0.05, 0.1) is 11.6 Å². The number of nitrogens with one attached hydrogen (secondary N) is 1. The monoisotopic (exact) mass is 299 g/mol. The Hall–Kier alpha value is -0.770. The second-order valence-corrected chi connectivity index (χ2v) is 5.56. The van der Waals surface area contributed by atoms with Crippen LogP contribution in [0.1, 0.15) is 32.8 Å². The zero-order chi connectivity index (χ0) is 14.8. The van der Waals surface area contributed by atoms with Crippen molar-refractivity contribution in [2.24, 2.45) is 5.92 Å². The Morgan fingerprint density at radius 3 is 2.75 bits per heavy atom. The van der Waals surface area contributed by atoms with Crippen molar-refractivity contribution in [3.8, 4) is 5.75 Å². The number of halogens is 1. The van der Waals surface area contributed by atoms with Crippen LogP contribution in [-0.4, -0.2) is 26.4 Å². The van der Waals surface area contributed by atoms with Gasteiger partial charge < -0.3 is 14.8 Å². The summed E-state index contributed by atoms with van der Waals surface area (Å²) in [5.74, 6) is 1.42. The first-order chi connectivity index (χ1) is 9.65. The summed E-state index contributed by atoms with van der Waals surface area (Å²) in [4.78, 5) is 0. The molecule has 0 aliphatic carbocycles. The van der Waals surface area contributed by atoms with E-state index in [0.29, 0.717) is 17.5 Å². The van der Waals surface area contributed by atoms with E-state index in [2.05, 4.69) is 25.2 Å². The molecule has 4 heteroatoms. The fourth-order valence-electron chi connectivity index (χ4n) is 1.83. The Balaban J connectivity index is 2.49. The van der Waals surface area contributed by atoms with Crippen LogP contribution in [-0.2, 0) is 11.3 Å². The van der Waals surface area contributed by atoms with Crippen molar-refractivity contribution < 1.29 is 9.47 Å². The Bertz CT molecular complexity index is 383. The normalized spacial score (nSPS) is 11.1. The molecular formula is C16H26ClNO2. The summed E-state index contributed by atoms with van der Waals surface area (Å²) in [5.41, 5.74) is 1.11. The second-order valence-electron chi connectivity index (χ2n) is 5.15. The fraction of sp³-hybridized carbons (Fsp3) is 0.625. The molecule has 0 bridgehead atoms. The molecule has 0 atom stereocenters. The van der Waals surface area contributed by atoms with Crippen LogP contribution in [0, 0.1) is 5.92 Å². The summed E-state index contributed by atoms with van der Waals surface area (Å²) >= 11 is 6.23. The van der Waals surface area contributed by atoms with Crippen LogP contribution in [0.4, 0.5) is 0 Å². The van der Waals surface area contributed by atoms with Gasteiger partial charge in [-0.2, -0.15) is 0 Å². The van der Waals surface area contributed by atoms with Gasteiger partial charge in [0.2, 0.25) is 0 Å². The van der Waals surface area contributed by atoms with E-state index in [4.69, 9.17) is 21.1 Å². The Morgan fingerprint density at radius 1 is 1.25 bits per heavy atom. The lowest BCUT2D eigenvalue weighted by Crippen LogP contribution is -2.19. The SMILES string of the molecule is CCOCCCOc1c(Cl)cccc1CNCC(C)C. The lowest BCUT2D eigenvalue weighted by atomic mass is 10.2. The molecule has 0 heterocycles. The second kappa shape index (κ2) is 10.0. The van der Waals surface area contributed by atoms with Crippen LogP contribution < -0.4 is 10.1 Å². The molecule has 114 valence electrons. The summed E-state index contributed by atoms with van der Waals surface area (Å²) in [5, 5.41) is 4.09. The number of para-hydroxylation sites is 1. The van der Waals surface area contributed by atoms with E-state index in [1.165, 1.54) is 0 Å². The van der Waals surface area contributed by atoms with Crippen LogP contribution in [0.5, 0.6) is 5.75 Å². The van der Waals surface area contributed by atoms with Crippen LogP contribution in [0.15, 0.2) is 18.2 Å². The minimum atomic E-state index is 0.626. The van der Waals surface area contributed by atoms with Crippen LogP contribution in [0.2, 0.25) is 5.02 Å². The minimum Gasteiger partial charge on any atom is -0.492 e. The number of ether oxygens (including phenoxy) is 2. The third-order valence-corrected chi connectivity index (χ3v) is 3.10. The first-order valence-electron chi connectivity index (χ1n) is 7.33. The molecule has 1 rings (SSSR count). The van der Waals surface area contributed by atoms with Gasteiger partial charge in [-0.15, -0.1) is 0 Å². The molecule has 0 saturated heterocycles. The molecule has 1 aromatic rings. The zero-order valence-corrected chi connectivity index (χ0v) is 13.5. The molecule has 1 N–H and O–H groups in total. The molecule has 0 aliphatic rings. The van der Waals surface area contributed by atoms with E-state index in [-0.39, 0.29) is 0 Å². The van der Waals surface area contributed by atoms with Crippen molar-refractivity contribution in [3.05, 3.63) is 28.8 Å².